The summed E-state index contributed by atoms with van der Waals surface area (Å²) in [5.74, 6) is 0.0303. The normalized spacial score (nSPS) is 20.8. The smallest absolute Gasteiger partial charge is 0.255 e. The highest BCUT2D eigenvalue weighted by atomic mass is 79.9. The molecule has 0 saturated carbocycles. The van der Waals surface area contributed by atoms with Crippen molar-refractivity contribution in [1.29, 1.82) is 0 Å². The van der Waals surface area contributed by atoms with Gasteiger partial charge in [0.15, 0.2) is 0 Å². The van der Waals surface area contributed by atoms with Gasteiger partial charge in [-0.05, 0) is 18.2 Å². The van der Waals surface area contributed by atoms with Crippen LogP contribution in [0.15, 0.2) is 22.7 Å². The summed E-state index contributed by atoms with van der Waals surface area (Å²) in [7, 11) is 0. The zero-order valence-electron chi connectivity index (χ0n) is 11.1. The van der Waals surface area contributed by atoms with E-state index in [1.165, 1.54) is 0 Å². The molecule has 0 aliphatic carbocycles. The van der Waals surface area contributed by atoms with Gasteiger partial charge in [0, 0.05) is 49.8 Å². The van der Waals surface area contributed by atoms with Crippen molar-refractivity contribution in [1.82, 2.24) is 15.1 Å². The maximum atomic E-state index is 12.4. The molecule has 2 aliphatic heterocycles. The van der Waals surface area contributed by atoms with E-state index in [1.54, 1.807) is 12.1 Å². The first-order valence-corrected chi connectivity index (χ1v) is 8.01. The fraction of sp³-hybridized carbons (Fsp3) is 0.500. The van der Waals surface area contributed by atoms with E-state index in [9.17, 15) is 4.79 Å². The molecule has 2 fully saturated rings. The second-order valence-electron chi connectivity index (χ2n) is 5.27. The quantitative estimate of drug-likeness (QED) is 0.876. The van der Waals surface area contributed by atoms with E-state index in [2.05, 4.69) is 26.1 Å². The van der Waals surface area contributed by atoms with Crippen LogP contribution in [0.25, 0.3) is 0 Å². The van der Waals surface area contributed by atoms with Gasteiger partial charge in [0.2, 0.25) is 0 Å². The number of hydrogen-bond donors (Lipinski definition) is 1. The van der Waals surface area contributed by atoms with Crippen molar-refractivity contribution in [3.63, 3.8) is 0 Å². The molecular weight excluding hydrogens is 342 g/mol. The van der Waals surface area contributed by atoms with E-state index in [0.29, 0.717) is 16.6 Å². The van der Waals surface area contributed by atoms with Crippen molar-refractivity contribution in [2.45, 2.75) is 6.04 Å². The Morgan fingerprint density at radius 1 is 1.30 bits per heavy atom. The molecule has 4 nitrogen and oxygen atoms in total. The Balaban J connectivity index is 1.61. The van der Waals surface area contributed by atoms with E-state index >= 15 is 0 Å². The first-order chi connectivity index (χ1) is 9.65. The fourth-order valence-corrected chi connectivity index (χ4v) is 3.29. The topological polar surface area (TPSA) is 35.6 Å². The molecular formula is C14H17BrClN3O. The maximum absolute atomic E-state index is 12.4. The predicted octanol–water partition coefficient (Wildman–Crippen LogP) is 1.83. The minimum Gasteiger partial charge on any atom is -0.335 e. The number of amides is 1. The zero-order chi connectivity index (χ0) is 14.1. The Hall–Kier alpha value is -0.620. The van der Waals surface area contributed by atoms with Gasteiger partial charge in [-0.25, -0.2) is 0 Å². The lowest BCUT2D eigenvalue weighted by Crippen LogP contribution is -2.63. The first kappa shape index (κ1) is 14.3. The largest absolute Gasteiger partial charge is 0.335 e. The molecule has 1 aromatic rings. The third-order valence-electron chi connectivity index (χ3n) is 3.98. The third kappa shape index (κ3) is 2.86. The highest BCUT2D eigenvalue weighted by molar-refractivity contribution is 9.10. The van der Waals surface area contributed by atoms with Gasteiger partial charge in [0.25, 0.3) is 5.91 Å². The minimum atomic E-state index is 0.0303. The molecule has 3 rings (SSSR count). The number of halogens is 2. The second-order valence-corrected chi connectivity index (χ2v) is 6.60. The zero-order valence-corrected chi connectivity index (χ0v) is 13.5. The van der Waals surface area contributed by atoms with E-state index in [0.717, 1.165) is 43.7 Å². The van der Waals surface area contributed by atoms with E-state index in [1.807, 2.05) is 11.0 Å². The standard InChI is InChI=1S/C14H17BrClN3O/c15-10-1-2-13(16)12(7-10)14(20)19-8-11(9-19)18-5-3-17-4-6-18/h1-2,7,11,17H,3-6,8-9H2. The van der Waals surface area contributed by atoms with Crippen LogP contribution in [-0.4, -0.2) is 61.0 Å². The first-order valence-electron chi connectivity index (χ1n) is 6.84. The van der Waals surface area contributed by atoms with Gasteiger partial charge >= 0.3 is 0 Å². The van der Waals surface area contributed by atoms with Crippen LogP contribution >= 0.6 is 27.5 Å². The molecule has 1 aromatic carbocycles. The average Bonchev–Trinajstić information content (AvgIpc) is 2.41. The van der Waals surface area contributed by atoms with Gasteiger partial charge in [-0.2, -0.15) is 0 Å². The summed E-state index contributed by atoms with van der Waals surface area (Å²) in [6, 6.07) is 5.90. The minimum absolute atomic E-state index is 0.0303. The van der Waals surface area contributed by atoms with Crippen LogP contribution in [0.2, 0.25) is 5.02 Å². The molecule has 0 bridgehead atoms. The summed E-state index contributed by atoms with van der Waals surface area (Å²) in [5, 5.41) is 3.86. The van der Waals surface area contributed by atoms with Crippen LogP contribution < -0.4 is 5.32 Å². The van der Waals surface area contributed by atoms with Crippen molar-refractivity contribution < 1.29 is 4.79 Å². The summed E-state index contributed by atoms with van der Waals surface area (Å²) >= 11 is 9.50. The summed E-state index contributed by atoms with van der Waals surface area (Å²) in [6.07, 6.45) is 0. The van der Waals surface area contributed by atoms with Crippen molar-refractivity contribution in [3.05, 3.63) is 33.3 Å². The lowest BCUT2D eigenvalue weighted by atomic mass is 10.0. The number of benzene rings is 1. The molecule has 2 saturated heterocycles. The molecule has 0 aromatic heterocycles. The van der Waals surface area contributed by atoms with Crippen LogP contribution in [0.1, 0.15) is 10.4 Å². The fourth-order valence-electron chi connectivity index (χ4n) is 2.73. The summed E-state index contributed by atoms with van der Waals surface area (Å²) in [6.45, 7) is 5.85. The monoisotopic (exact) mass is 357 g/mol. The lowest BCUT2D eigenvalue weighted by molar-refractivity contribution is 0.0227. The molecule has 2 heterocycles. The lowest BCUT2D eigenvalue weighted by Gasteiger charge is -2.46. The number of carbonyl (C=O) groups is 1. The number of nitrogens with zero attached hydrogens (tertiary/aromatic N) is 2. The van der Waals surface area contributed by atoms with E-state index in [-0.39, 0.29) is 5.91 Å². The van der Waals surface area contributed by atoms with E-state index in [4.69, 9.17) is 11.6 Å². The summed E-state index contributed by atoms with van der Waals surface area (Å²) in [4.78, 5) is 16.8. The van der Waals surface area contributed by atoms with Gasteiger partial charge < -0.3 is 10.2 Å². The number of rotatable bonds is 2. The second kappa shape index (κ2) is 6.02. The van der Waals surface area contributed by atoms with Gasteiger partial charge in [-0.3, -0.25) is 9.69 Å². The molecule has 20 heavy (non-hydrogen) atoms. The van der Waals surface area contributed by atoms with Gasteiger partial charge in [-0.1, -0.05) is 27.5 Å². The summed E-state index contributed by atoms with van der Waals surface area (Å²) < 4.78 is 0.879. The predicted molar refractivity (Wildman–Crippen MR) is 83.3 cm³/mol. The molecule has 1 amide bonds. The molecule has 0 radical (unpaired) electrons. The Labute approximate surface area is 132 Å². The number of likely N-dealkylation sites (tertiary alicyclic amines) is 1. The number of nitrogens with one attached hydrogen (secondary N) is 1. The Morgan fingerprint density at radius 2 is 2.00 bits per heavy atom. The summed E-state index contributed by atoms with van der Waals surface area (Å²) in [5.41, 5.74) is 0.583. The molecule has 0 atom stereocenters. The highest BCUT2D eigenvalue weighted by Gasteiger charge is 2.35. The number of carbonyl (C=O) groups excluding carboxylic acids is 1. The Morgan fingerprint density at radius 3 is 2.70 bits per heavy atom. The molecule has 6 heteroatoms. The average molecular weight is 359 g/mol. The third-order valence-corrected chi connectivity index (χ3v) is 4.80. The Kier molecular flexibility index (Phi) is 4.31. The van der Waals surface area contributed by atoms with Crippen LogP contribution in [0.3, 0.4) is 0 Å². The molecule has 0 unspecified atom stereocenters. The molecule has 2 aliphatic rings. The van der Waals surface area contributed by atoms with Crippen LogP contribution in [-0.2, 0) is 0 Å². The van der Waals surface area contributed by atoms with Crippen molar-refractivity contribution >= 4 is 33.4 Å². The molecule has 108 valence electrons. The highest BCUT2D eigenvalue weighted by Crippen LogP contribution is 2.25. The van der Waals surface area contributed by atoms with Crippen LogP contribution in [0, 0.1) is 0 Å². The van der Waals surface area contributed by atoms with Crippen molar-refractivity contribution in [3.8, 4) is 0 Å². The molecule has 1 N–H and O–H groups in total. The van der Waals surface area contributed by atoms with Crippen LogP contribution in [0.4, 0.5) is 0 Å². The van der Waals surface area contributed by atoms with E-state index < -0.39 is 0 Å². The SMILES string of the molecule is O=C(c1cc(Br)ccc1Cl)N1CC(N2CCNCC2)C1. The van der Waals surface area contributed by atoms with Gasteiger partial charge in [-0.15, -0.1) is 0 Å². The van der Waals surface area contributed by atoms with Gasteiger partial charge in [0.05, 0.1) is 10.6 Å². The van der Waals surface area contributed by atoms with Crippen molar-refractivity contribution in [2.75, 3.05) is 39.3 Å². The Bertz CT molecular complexity index is 513. The van der Waals surface area contributed by atoms with Crippen LogP contribution in [0.5, 0.6) is 0 Å². The maximum Gasteiger partial charge on any atom is 0.255 e. The number of hydrogen-bond acceptors (Lipinski definition) is 3. The number of piperazine rings is 1. The van der Waals surface area contributed by atoms with Gasteiger partial charge in [0.1, 0.15) is 0 Å². The molecule has 0 spiro atoms. The van der Waals surface area contributed by atoms with Crippen molar-refractivity contribution in [2.24, 2.45) is 0 Å².